The fourth-order valence-electron chi connectivity index (χ4n) is 3.49. The molecule has 0 unspecified atom stereocenters. The maximum absolute atomic E-state index is 12.8. The van der Waals surface area contributed by atoms with E-state index in [4.69, 9.17) is 4.74 Å². The molecule has 9 heteroatoms. The monoisotopic (exact) mass is 483 g/mol. The van der Waals surface area contributed by atoms with Gasteiger partial charge in [-0.2, -0.15) is 4.98 Å². The van der Waals surface area contributed by atoms with Gasteiger partial charge in [0.15, 0.2) is 0 Å². The van der Waals surface area contributed by atoms with Crippen molar-refractivity contribution < 1.29 is 13.2 Å². The van der Waals surface area contributed by atoms with Crippen LogP contribution in [0.1, 0.15) is 5.82 Å². The van der Waals surface area contributed by atoms with Gasteiger partial charge in [-0.05, 0) is 54.4 Å². The summed E-state index contributed by atoms with van der Waals surface area (Å²) < 4.78 is 35.9. The second kappa shape index (κ2) is 9.40. The van der Waals surface area contributed by atoms with Crippen molar-refractivity contribution in [3.8, 4) is 28.6 Å². The zero-order valence-corrected chi connectivity index (χ0v) is 19.6. The number of rotatable bonds is 7. The van der Waals surface area contributed by atoms with Gasteiger partial charge < -0.3 is 4.74 Å². The zero-order chi connectivity index (χ0) is 24.3. The molecule has 2 aromatic heterocycles. The number of sulfonamides is 1. The van der Waals surface area contributed by atoms with Crippen molar-refractivity contribution in [1.82, 2.24) is 19.5 Å². The van der Waals surface area contributed by atoms with Gasteiger partial charge in [0.05, 0.1) is 4.90 Å². The van der Waals surface area contributed by atoms with Crippen LogP contribution in [0.15, 0.2) is 109 Å². The van der Waals surface area contributed by atoms with Crippen LogP contribution >= 0.6 is 0 Å². The smallest absolute Gasteiger partial charge is 0.261 e. The second-order valence-corrected chi connectivity index (χ2v) is 9.39. The molecule has 0 radical (unpaired) electrons. The van der Waals surface area contributed by atoms with Crippen molar-refractivity contribution in [1.29, 1.82) is 0 Å². The predicted molar refractivity (Wildman–Crippen MR) is 133 cm³/mol. The molecule has 0 aliphatic heterocycles. The summed E-state index contributed by atoms with van der Waals surface area (Å²) in [6.45, 7) is 1.78. The van der Waals surface area contributed by atoms with Gasteiger partial charge in [0.25, 0.3) is 10.0 Å². The molecule has 0 saturated carbocycles. The van der Waals surface area contributed by atoms with E-state index in [2.05, 4.69) is 19.7 Å². The van der Waals surface area contributed by atoms with E-state index >= 15 is 0 Å². The van der Waals surface area contributed by atoms with Gasteiger partial charge in [-0.25, -0.2) is 18.4 Å². The van der Waals surface area contributed by atoms with Crippen molar-refractivity contribution in [3.63, 3.8) is 0 Å². The van der Waals surface area contributed by atoms with Crippen LogP contribution in [0.4, 0.5) is 5.69 Å². The SMILES string of the molecule is Cc1nc(Oc2ccc(NS(=O)(=O)c3ccc(-c4ccccc4)cc3)cc2)cc(-n2ccnc2)n1. The van der Waals surface area contributed by atoms with Crippen LogP contribution in [-0.4, -0.2) is 27.9 Å². The lowest BCUT2D eigenvalue weighted by atomic mass is 10.1. The average molecular weight is 484 g/mol. The molecule has 0 aliphatic carbocycles. The highest BCUT2D eigenvalue weighted by atomic mass is 32.2. The Kier molecular flexibility index (Phi) is 5.99. The summed E-state index contributed by atoms with van der Waals surface area (Å²) in [5.74, 6) is 2.06. The van der Waals surface area contributed by atoms with Crippen molar-refractivity contribution in [2.45, 2.75) is 11.8 Å². The number of ether oxygens (including phenoxy) is 1. The molecular weight excluding hydrogens is 462 g/mol. The lowest BCUT2D eigenvalue weighted by Crippen LogP contribution is -2.12. The zero-order valence-electron chi connectivity index (χ0n) is 18.7. The Balaban J connectivity index is 1.29. The third-order valence-electron chi connectivity index (χ3n) is 5.17. The molecule has 0 aliphatic rings. The van der Waals surface area contributed by atoms with Crippen molar-refractivity contribution in [2.24, 2.45) is 0 Å². The molecular formula is C26H21N5O3S. The highest BCUT2D eigenvalue weighted by Gasteiger charge is 2.15. The Labute approximate surface area is 203 Å². The highest BCUT2D eigenvalue weighted by molar-refractivity contribution is 7.92. The lowest BCUT2D eigenvalue weighted by Gasteiger charge is -2.11. The van der Waals surface area contributed by atoms with Crippen molar-refractivity contribution in [2.75, 3.05) is 4.72 Å². The lowest BCUT2D eigenvalue weighted by molar-refractivity contribution is 0.459. The van der Waals surface area contributed by atoms with Crippen LogP contribution in [-0.2, 0) is 10.0 Å². The van der Waals surface area contributed by atoms with E-state index in [1.807, 2.05) is 30.3 Å². The van der Waals surface area contributed by atoms with E-state index < -0.39 is 10.0 Å². The van der Waals surface area contributed by atoms with Crippen LogP contribution in [0, 0.1) is 6.92 Å². The third-order valence-corrected chi connectivity index (χ3v) is 6.57. The van der Waals surface area contributed by atoms with E-state index in [9.17, 15) is 8.42 Å². The van der Waals surface area contributed by atoms with Crippen molar-refractivity contribution >= 4 is 15.7 Å². The van der Waals surface area contributed by atoms with Gasteiger partial charge in [-0.1, -0.05) is 42.5 Å². The van der Waals surface area contributed by atoms with E-state index in [0.717, 1.165) is 11.1 Å². The van der Waals surface area contributed by atoms with E-state index in [0.29, 0.717) is 29.0 Å². The number of hydrogen-bond acceptors (Lipinski definition) is 6. The van der Waals surface area contributed by atoms with E-state index in [1.54, 1.807) is 84.8 Å². The Morgan fingerprint density at radius 3 is 2.26 bits per heavy atom. The van der Waals surface area contributed by atoms with Crippen LogP contribution in [0.25, 0.3) is 16.9 Å². The number of benzene rings is 3. The fraction of sp³-hybridized carbons (Fsp3) is 0.0385. The summed E-state index contributed by atoms with van der Waals surface area (Å²) in [5, 5.41) is 0. The largest absolute Gasteiger partial charge is 0.439 e. The Hall–Kier alpha value is -4.50. The molecule has 0 saturated heterocycles. The molecule has 0 fully saturated rings. The molecule has 5 aromatic rings. The van der Waals surface area contributed by atoms with E-state index in [1.165, 1.54) is 0 Å². The first-order chi connectivity index (χ1) is 17.0. The van der Waals surface area contributed by atoms with Gasteiger partial charge in [0.1, 0.15) is 23.7 Å². The number of nitrogens with zero attached hydrogens (tertiary/aromatic N) is 4. The first kappa shape index (κ1) is 22.3. The summed E-state index contributed by atoms with van der Waals surface area (Å²) in [5.41, 5.74) is 2.39. The maximum atomic E-state index is 12.8. The number of imidazole rings is 1. The summed E-state index contributed by atoms with van der Waals surface area (Å²) in [7, 11) is -3.74. The summed E-state index contributed by atoms with van der Waals surface area (Å²) in [6, 6.07) is 24.9. The topological polar surface area (TPSA) is 99.0 Å². The fourth-order valence-corrected chi connectivity index (χ4v) is 4.55. The normalized spacial score (nSPS) is 11.2. The number of nitrogens with one attached hydrogen (secondary N) is 1. The Bertz CT molecular complexity index is 1540. The number of aryl methyl sites for hydroxylation is 1. The molecule has 0 bridgehead atoms. The van der Waals surface area contributed by atoms with Crippen molar-refractivity contribution in [3.05, 3.63) is 109 Å². The summed E-state index contributed by atoms with van der Waals surface area (Å²) in [6.07, 6.45) is 5.08. The highest BCUT2D eigenvalue weighted by Crippen LogP contribution is 2.25. The minimum Gasteiger partial charge on any atom is -0.439 e. The third kappa shape index (κ3) is 5.20. The molecule has 35 heavy (non-hydrogen) atoms. The minimum atomic E-state index is -3.74. The first-order valence-corrected chi connectivity index (χ1v) is 12.2. The molecule has 5 rings (SSSR count). The molecule has 174 valence electrons. The molecule has 0 spiro atoms. The molecule has 0 atom stereocenters. The van der Waals surface area contributed by atoms with Crippen LogP contribution < -0.4 is 9.46 Å². The van der Waals surface area contributed by atoms with Crippen LogP contribution in [0.3, 0.4) is 0 Å². The van der Waals surface area contributed by atoms with Gasteiger partial charge in [0.2, 0.25) is 5.88 Å². The quantitative estimate of drug-likeness (QED) is 0.340. The van der Waals surface area contributed by atoms with Gasteiger partial charge in [0, 0.05) is 24.1 Å². The Morgan fingerprint density at radius 1 is 0.857 bits per heavy atom. The summed E-state index contributed by atoms with van der Waals surface area (Å²) >= 11 is 0. The van der Waals surface area contributed by atoms with Crippen LogP contribution in [0.2, 0.25) is 0 Å². The molecule has 3 aromatic carbocycles. The Morgan fingerprint density at radius 2 is 1.57 bits per heavy atom. The molecule has 8 nitrogen and oxygen atoms in total. The average Bonchev–Trinajstić information content (AvgIpc) is 3.41. The second-order valence-electron chi connectivity index (χ2n) is 7.70. The number of hydrogen-bond donors (Lipinski definition) is 1. The number of aromatic nitrogens is 4. The summed E-state index contributed by atoms with van der Waals surface area (Å²) in [4.78, 5) is 12.9. The number of anilines is 1. The van der Waals surface area contributed by atoms with E-state index in [-0.39, 0.29) is 4.90 Å². The van der Waals surface area contributed by atoms with Crippen LogP contribution in [0.5, 0.6) is 11.6 Å². The maximum Gasteiger partial charge on any atom is 0.261 e. The minimum absolute atomic E-state index is 0.181. The van der Waals surface area contributed by atoms with Gasteiger partial charge >= 0.3 is 0 Å². The predicted octanol–water partition coefficient (Wildman–Crippen LogP) is 5.23. The molecule has 1 N–H and O–H groups in total. The molecule has 2 heterocycles. The first-order valence-electron chi connectivity index (χ1n) is 10.8. The molecule has 0 amide bonds. The van der Waals surface area contributed by atoms with Gasteiger partial charge in [-0.15, -0.1) is 0 Å². The standard InChI is InChI=1S/C26H21N5O3S/c1-19-28-25(31-16-15-27-18-31)17-26(29-19)34-23-11-9-22(10-12-23)30-35(32,33)24-13-7-21(8-14-24)20-5-3-2-4-6-20/h2-18,30H,1H3. The van der Waals surface area contributed by atoms with Gasteiger partial charge in [-0.3, -0.25) is 9.29 Å².